The van der Waals surface area contributed by atoms with Crippen LogP contribution >= 0.6 is 0 Å². The Labute approximate surface area is 173 Å². The maximum absolute atomic E-state index is 14.9. The second-order valence-electron chi connectivity index (χ2n) is 7.14. The molecule has 0 unspecified atom stereocenters. The van der Waals surface area contributed by atoms with Crippen molar-refractivity contribution >= 4 is 16.8 Å². The monoisotopic (exact) mass is 403 g/mol. The number of halogens is 1. The number of aryl methyl sites for hydroxylation is 1. The molecule has 0 radical (unpaired) electrons. The molecule has 0 saturated heterocycles. The lowest BCUT2D eigenvalue weighted by Gasteiger charge is -2.10. The summed E-state index contributed by atoms with van der Waals surface area (Å²) in [6.45, 7) is 2.49. The number of H-pyrrole nitrogens is 1. The van der Waals surface area contributed by atoms with Crippen molar-refractivity contribution in [2.75, 3.05) is 14.1 Å². The number of carbonyl (C=O) groups excluding carboxylic acids is 1. The van der Waals surface area contributed by atoms with Crippen LogP contribution in [-0.4, -0.2) is 35.2 Å². The van der Waals surface area contributed by atoms with E-state index < -0.39 is 0 Å². The summed E-state index contributed by atoms with van der Waals surface area (Å²) in [5.74, 6) is -0.445. The third-order valence-electron chi connectivity index (χ3n) is 5.08. The average molecular weight is 403 g/mol. The van der Waals surface area contributed by atoms with Crippen LogP contribution in [0.4, 0.5) is 4.39 Å². The fourth-order valence-electron chi connectivity index (χ4n) is 3.64. The molecule has 7 heteroatoms. The lowest BCUT2D eigenvalue weighted by atomic mass is 9.99. The Bertz CT molecular complexity index is 1210. The fourth-order valence-corrected chi connectivity index (χ4v) is 3.64. The van der Waals surface area contributed by atoms with Crippen molar-refractivity contribution in [3.05, 3.63) is 71.2 Å². The fraction of sp³-hybridized carbons (Fsp3) is 0.174. The van der Waals surface area contributed by atoms with Gasteiger partial charge >= 0.3 is 0 Å². The van der Waals surface area contributed by atoms with Gasteiger partial charge < -0.3 is 10.6 Å². The summed E-state index contributed by atoms with van der Waals surface area (Å²) < 4.78 is 14.9. The van der Waals surface area contributed by atoms with Gasteiger partial charge in [-0.1, -0.05) is 18.2 Å². The zero-order valence-electron chi connectivity index (χ0n) is 17.0. The molecule has 0 aliphatic carbocycles. The highest BCUT2D eigenvalue weighted by molar-refractivity contribution is 5.97. The summed E-state index contributed by atoms with van der Waals surface area (Å²) in [6, 6.07) is 12.6. The Morgan fingerprint density at radius 2 is 1.90 bits per heavy atom. The van der Waals surface area contributed by atoms with E-state index in [4.69, 9.17) is 0 Å². The van der Waals surface area contributed by atoms with Crippen LogP contribution in [0.5, 0.6) is 0 Å². The molecule has 2 aromatic carbocycles. The topological polar surface area (TPSA) is 82.7 Å². The highest BCUT2D eigenvalue weighted by atomic mass is 19.1. The highest BCUT2D eigenvalue weighted by Crippen LogP contribution is 2.32. The normalized spacial score (nSPS) is 11.1. The largest absolute Gasteiger partial charge is 0.355 e. The van der Waals surface area contributed by atoms with Crippen molar-refractivity contribution < 1.29 is 9.18 Å². The Morgan fingerprint density at radius 1 is 1.13 bits per heavy atom. The first kappa shape index (κ1) is 19.7. The van der Waals surface area contributed by atoms with E-state index >= 15 is 0 Å². The Hall–Kier alpha value is -3.58. The van der Waals surface area contributed by atoms with Gasteiger partial charge in [-0.3, -0.25) is 14.9 Å². The summed E-state index contributed by atoms with van der Waals surface area (Å²) in [5.41, 5.74) is 5.66. The molecular weight excluding hydrogens is 381 g/mol. The second kappa shape index (κ2) is 8.04. The minimum atomic E-state index is -0.299. The van der Waals surface area contributed by atoms with Crippen LogP contribution in [0.15, 0.2) is 48.7 Å². The predicted molar refractivity (Wildman–Crippen MR) is 116 cm³/mol. The number of fused-ring (bicyclic) bond motifs is 1. The van der Waals surface area contributed by atoms with Crippen molar-refractivity contribution in [2.45, 2.75) is 13.5 Å². The summed E-state index contributed by atoms with van der Waals surface area (Å²) in [5, 5.41) is 13.9. The Kier molecular flexibility index (Phi) is 5.29. The molecule has 4 aromatic rings. The number of carbonyl (C=O) groups is 1. The van der Waals surface area contributed by atoms with Gasteiger partial charge in [-0.15, -0.1) is 0 Å². The zero-order valence-corrected chi connectivity index (χ0v) is 17.0. The van der Waals surface area contributed by atoms with Crippen molar-refractivity contribution in [3.63, 3.8) is 0 Å². The van der Waals surface area contributed by atoms with E-state index in [1.807, 2.05) is 38.2 Å². The molecule has 30 heavy (non-hydrogen) atoms. The predicted octanol–water partition coefficient (Wildman–Crippen LogP) is 3.82. The number of hydrogen-bond acceptors (Lipinski definition) is 4. The molecule has 0 spiro atoms. The molecule has 0 saturated carbocycles. The zero-order chi connectivity index (χ0) is 21.3. The van der Waals surface area contributed by atoms with Crippen molar-refractivity contribution in [1.82, 2.24) is 25.8 Å². The molecule has 4 rings (SSSR count). The molecule has 0 aliphatic heterocycles. The molecule has 0 bridgehead atoms. The van der Waals surface area contributed by atoms with E-state index in [2.05, 4.69) is 25.8 Å². The van der Waals surface area contributed by atoms with E-state index in [0.29, 0.717) is 23.4 Å². The molecule has 6 nitrogen and oxygen atoms in total. The van der Waals surface area contributed by atoms with Gasteiger partial charge in [0.2, 0.25) is 0 Å². The van der Waals surface area contributed by atoms with Gasteiger partial charge in [0.1, 0.15) is 11.5 Å². The molecule has 0 atom stereocenters. The van der Waals surface area contributed by atoms with E-state index in [1.165, 1.54) is 0 Å². The van der Waals surface area contributed by atoms with E-state index in [9.17, 15) is 9.18 Å². The lowest BCUT2D eigenvalue weighted by Crippen LogP contribution is -2.17. The van der Waals surface area contributed by atoms with Crippen molar-refractivity contribution in [2.24, 2.45) is 0 Å². The first-order valence-corrected chi connectivity index (χ1v) is 9.62. The minimum Gasteiger partial charge on any atom is -0.355 e. The van der Waals surface area contributed by atoms with Gasteiger partial charge in [0.05, 0.1) is 17.4 Å². The molecule has 0 aliphatic rings. The van der Waals surface area contributed by atoms with Gasteiger partial charge in [-0.05, 0) is 49.4 Å². The average Bonchev–Trinajstić information content (AvgIpc) is 3.16. The smallest absolute Gasteiger partial charge is 0.251 e. The Morgan fingerprint density at radius 3 is 2.57 bits per heavy atom. The number of aromatic nitrogens is 3. The number of hydrogen-bond donors (Lipinski definition) is 3. The molecule has 3 N–H and O–H groups in total. The summed E-state index contributed by atoms with van der Waals surface area (Å²) in [7, 11) is 3.43. The van der Waals surface area contributed by atoms with Crippen LogP contribution in [0, 0.1) is 12.7 Å². The minimum absolute atomic E-state index is 0.146. The number of rotatable bonds is 5. The van der Waals surface area contributed by atoms with Gasteiger partial charge in [0.15, 0.2) is 0 Å². The molecule has 2 aromatic heterocycles. The van der Waals surface area contributed by atoms with Crippen LogP contribution in [0.1, 0.15) is 21.5 Å². The molecule has 2 heterocycles. The molecular formula is C23H22FN5O. The first-order valence-electron chi connectivity index (χ1n) is 9.62. The quantitative estimate of drug-likeness (QED) is 0.473. The van der Waals surface area contributed by atoms with Crippen molar-refractivity contribution in [1.29, 1.82) is 0 Å². The number of aromatic amines is 1. The molecule has 1 amide bonds. The van der Waals surface area contributed by atoms with Crippen LogP contribution in [0.3, 0.4) is 0 Å². The van der Waals surface area contributed by atoms with Crippen LogP contribution in [0.2, 0.25) is 0 Å². The number of amides is 1. The van der Waals surface area contributed by atoms with E-state index in [0.717, 1.165) is 33.3 Å². The third-order valence-corrected chi connectivity index (χ3v) is 5.08. The standard InChI is InChI=1S/C23H22FN5O/c1-13-8-14(11-25-2)9-18(24)21(13)19-10-17-20(12-27-19)28-29-22(17)15-4-6-16(7-5-15)23(30)26-3/h4-10,12,25H,11H2,1-3H3,(H,26,30)(H,28,29). The number of nitrogens with zero attached hydrogens (tertiary/aromatic N) is 2. The number of benzene rings is 2. The lowest BCUT2D eigenvalue weighted by molar-refractivity contribution is 0.0963. The van der Waals surface area contributed by atoms with Gasteiger partial charge in [-0.2, -0.15) is 5.10 Å². The van der Waals surface area contributed by atoms with E-state index in [-0.39, 0.29) is 11.7 Å². The highest BCUT2D eigenvalue weighted by Gasteiger charge is 2.15. The maximum Gasteiger partial charge on any atom is 0.251 e. The SMILES string of the molecule is CNCc1cc(C)c(-c2cc3c(-c4ccc(C(=O)NC)cc4)n[nH]c3cn2)c(F)c1. The van der Waals surface area contributed by atoms with Gasteiger partial charge in [-0.25, -0.2) is 4.39 Å². The second-order valence-corrected chi connectivity index (χ2v) is 7.14. The van der Waals surface area contributed by atoms with Crippen LogP contribution in [-0.2, 0) is 6.54 Å². The van der Waals surface area contributed by atoms with Crippen LogP contribution in [0.25, 0.3) is 33.4 Å². The number of nitrogens with one attached hydrogen (secondary N) is 3. The van der Waals surface area contributed by atoms with Gasteiger partial charge in [0.25, 0.3) is 5.91 Å². The van der Waals surface area contributed by atoms with Crippen LogP contribution < -0.4 is 10.6 Å². The number of pyridine rings is 1. The molecule has 0 fully saturated rings. The maximum atomic E-state index is 14.9. The molecule has 152 valence electrons. The summed E-state index contributed by atoms with van der Waals surface area (Å²) in [4.78, 5) is 16.2. The third kappa shape index (κ3) is 3.55. The summed E-state index contributed by atoms with van der Waals surface area (Å²) in [6.07, 6.45) is 1.67. The Balaban J connectivity index is 1.78. The van der Waals surface area contributed by atoms with Gasteiger partial charge in [0, 0.05) is 35.7 Å². The summed E-state index contributed by atoms with van der Waals surface area (Å²) >= 11 is 0. The van der Waals surface area contributed by atoms with E-state index in [1.54, 1.807) is 31.4 Å². The van der Waals surface area contributed by atoms with Crippen molar-refractivity contribution in [3.8, 4) is 22.5 Å². The first-order chi connectivity index (χ1) is 14.5.